The van der Waals surface area contributed by atoms with Crippen LogP contribution in [0.15, 0.2) is 54.9 Å². The highest BCUT2D eigenvalue weighted by molar-refractivity contribution is 5.85. The van der Waals surface area contributed by atoms with Gasteiger partial charge in [0.2, 0.25) is 5.91 Å². The van der Waals surface area contributed by atoms with Gasteiger partial charge in [0.15, 0.2) is 0 Å². The SMILES string of the molecule is COc1cc(OC)cc(C(NC(=O)CCc2ccccc2N)c2nccn2C)c1.Cl.Cl. The summed E-state index contributed by atoms with van der Waals surface area (Å²) in [6.45, 7) is 0. The van der Waals surface area contributed by atoms with Crippen LogP contribution >= 0.6 is 24.8 Å². The van der Waals surface area contributed by atoms with Crippen molar-refractivity contribution in [2.45, 2.75) is 18.9 Å². The molecule has 1 heterocycles. The molecule has 0 radical (unpaired) electrons. The lowest BCUT2D eigenvalue weighted by Crippen LogP contribution is -2.31. The Morgan fingerprint density at radius 3 is 2.32 bits per heavy atom. The number of nitrogens with one attached hydrogen (secondary N) is 1. The van der Waals surface area contributed by atoms with Crippen molar-refractivity contribution in [3.63, 3.8) is 0 Å². The van der Waals surface area contributed by atoms with Gasteiger partial charge in [-0.05, 0) is 35.7 Å². The molecule has 3 aromatic rings. The van der Waals surface area contributed by atoms with Gasteiger partial charge in [0.25, 0.3) is 0 Å². The van der Waals surface area contributed by atoms with E-state index in [-0.39, 0.29) is 30.7 Å². The Bertz CT molecular complexity index is 972. The van der Waals surface area contributed by atoms with Gasteiger partial charge in [-0.25, -0.2) is 4.98 Å². The molecule has 7 nitrogen and oxygen atoms in total. The van der Waals surface area contributed by atoms with Crippen molar-refractivity contribution in [2.24, 2.45) is 7.05 Å². The second-order valence-corrected chi connectivity index (χ2v) is 6.74. The number of methoxy groups -OCH3 is 2. The number of para-hydroxylation sites is 1. The largest absolute Gasteiger partial charge is 0.497 e. The minimum Gasteiger partial charge on any atom is -0.497 e. The summed E-state index contributed by atoms with van der Waals surface area (Å²) in [5.41, 5.74) is 8.46. The number of carbonyl (C=O) groups is 1. The highest BCUT2D eigenvalue weighted by Gasteiger charge is 2.22. The van der Waals surface area contributed by atoms with E-state index in [0.29, 0.717) is 35.9 Å². The summed E-state index contributed by atoms with van der Waals surface area (Å²) in [6.07, 6.45) is 4.43. The first-order chi connectivity index (χ1) is 14.0. The molecule has 9 heteroatoms. The van der Waals surface area contributed by atoms with E-state index in [2.05, 4.69) is 10.3 Å². The van der Waals surface area contributed by atoms with Gasteiger partial charge in [-0.15, -0.1) is 24.8 Å². The van der Waals surface area contributed by atoms with E-state index >= 15 is 0 Å². The van der Waals surface area contributed by atoms with Crippen LogP contribution in [0.5, 0.6) is 11.5 Å². The number of ether oxygens (including phenoxy) is 2. The van der Waals surface area contributed by atoms with E-state index < -0.39 is 6.04 Å². The van der Waals surface area contributed by atoms with Gasteiger partial charge in [0, 0.05) is 37.6 Å². The number of nitrogens with two attached hydrogens (primary N) is 1. The van der Waals surface area contributed by atoms with E-state index in [1.165, 1.54) is 0 Å². The zero-order valence-corrected chi connectivity index (χ0v) is 19.3. The lowest BCUT2D eigenvalue weighted by Gasteiger charge is -2.20. The first-order valence-corrected chi connectivity index (χ1v) is 9.34. The fourth-order valence-electron chi connectivity index (χ4n) is 3.19. The fourth-order valence-corrected chi connectivity index (χ4v) is 3.19. The molecule has 1 unspecified atom stereocenters. The number of halogens is 2. The van der Waals surface area contributed by atoms with E-state index in [1.54, 1.807) is 26.5 Å². The van der Waals surface area contributed by atoms with Crippen LogP contribution in [0.2, 0.25) is 0 Å². The number of imidazole rings is 1. The first-order valence-electron chi connectivity index (χ1n) is 9.34. The Morgan fingerprint density at radius 1 is 1.13 bits per heavy atom. The summed E-state index contributed by atoms with van der Waals surface area (Å²) >= 11 is 0. The highest BCUT2D eigenvalue weighted by atomic mass is 35.5. The second kappa shape index (κ2) is 12.1. The maximum atomic E-state index is 12.8. The number of nitrogen functional groups attached to an aromatic ring is 1. The maximum absolute atomic E-state index is 12.8. The normalized spacial score (nSPS) is 10.9. The van der Waals surface area contributed by atoms with Gasteiger partial charge < -0.3 is 25.1 Å². The molecule has 0 aliphatic carbocycles. The summed E-state index contributed by atoms with van der Waals surface area (Å²) in [6, 6.07) is 12.7. The number of anilines is 1. The summed E-state index contributed by atoms with van der Waals surface area (Å²) in [5, 5.41) is 3.09. The van der Waals surface area contributed by atoms with Crippen molar-refractivity contribution in [1.29, 1.82) is 0 Å². The standard InChI is InChI=1S/C22H26N4O3.2ClH/c1-26-11-10-24-22(26)21(16-12-17(28-2)14-18(13-16)29-3)25-20(27)9-8-15-6-4-5-7-19(15)23;;/h4-7,10-14,21H,8-9,23H2,1-3H3,(H,25,27);2*1H. The molecule has 0 spiro atoms. The Balaban J connectivity index is 0.00000240. The van der Waals surface area contributed by atoms with Gasteiger partial charge in [-0.1, -0.05) is 18.2 Å². The third-order valence-electron chi connectivity index (χ3n) is 4.81. The molecule has 0 aliphatic heterocycles. The van der Waals surface area contributed by atoms with Gasteiger partial charge >= 0.3 is 0 Å². The predicted octanol–water partition coefficient (Wildman–Crippen LogP) is 3.70. The van der Waals surface area contributed by atoms with Crippen LogP contribution in [0, 0.1) is 0 Å². The van der Waals surface area contributed by atoms with Crippen LogP contribution in [-0.2, 0) is 18.3 Å². The minimum atomic E-state index is -0.445. The molecule has 0 bridgehead atoms. The molecule has 2 aromatic carbocycles. The quantitative estimate of drug-likeness (QED) is 0.493. The van der Waals surface area contributed by atoms with Crippen LogP contribution in [0.1, 0.15) is 29.4 Å². The average Bonchev–Trinajstić information content (AvgIpc) is 3.16. The molecule has 1 atom stereocenters. The molecule has 1 amide bonds. The van der Waals surface area contributed by atoms with E-state index in [4.69, 9.17) is 15.2 Å². The van der Waals surface area contributed by atoms with Crippen molar-refractivity contribution in [3.05, 3.63) is 71.8 Å². The Hall–Kier alpha value is -2.90. The van der Waals surface area contributed by atoms with E-state index in [9.17, 15) is 4.79 Å². The van der Waals surface area contributed by atoms with Crippen molar-refractivity contribution in [3.8, 4) is 11.5 Å². The molecule has 0 saturated heterocycles. The zero-order chi connectivity index (χ0) is 20.8. The van der Waals surface area contributed by atoms with Gasteiger partial charge in [-0.3, -0.25) is 4.79 Å². The Labute approximate surface area is 194 Å². The monoisotopic (exact) mass is 466 g/mol. The molecule has 168 valence electrons. The Kier molecular flexibility index (Phi) is 10.2. The number of hydrogen-bond donors (Lipinski definition) is 2. The van der Waals surface area contributed by atoms with Crippen LogP contribution in [0.3, 0.4) is 0 Å². The lowest BCUT2D eigenvalue weighted by molar-refractivity contribution is -0.121. The number of aromatic nitrogens is 2. The van der Waals surface area contributed by atoms with Crippen LogP contribution in [-0.4, -0.2) is 29.7 Å². The fraction of sp³-hybridized carbons (Fsp3) is 0.273. The van der Waals surface area contributed by atoms with Gasteiger partial charge in [0.05, 0.1) is 14.2 Å². The third kappa shape index (κ3) is 6.54. The number of rotatable bonds is 8. The van der Waals surface area contributed by atoms with Crippen LogP contribution in [0.25, 0.3) is 0 Å². The second-order valence-electron chi connectivity index (χ2n) is 6.74. The predicted molar refractivity (Wildman–Crippen MR) is 126 cm³/mol. The average molecular weight is 467 g/mol. The molecule has 1 aromatic heterocycles. The summed E-state index contributed by atoms with van der Waals surface area (Å²) < 4.78 is 12.7. The van der Waals surface area contributed by atoms with Crippen LogP contribution in [0.4, 0.5) is 5.69 Å². The van der Waals surface area contributed by atoms with Gasteiger partial charge in [-0.2, -0.15) is 0 Å². The molecular weight excluding hydrogens is 439 g/mol. The van der Waals surface area contributed by atoms with E-state index in [0.717, 1.165) is 11.1 Å². The molecule has 0 fully saturated rings. The summed E-state index contributed by atoms with van der Waals surface area (Å²) in [5.74, 6) is 1.91. The van der Waals surface area contributed by atoms with Crippen molar-refractivity contribution in [2.75, 3.05) is 20.0 Å². The zero-order valence-electron chi connectivity index (χ0n) is 17.7. The number of amides is 1. The third-order valence-corrected chi connectivity index (χ3v) is 4.81. The number of nitrogens with zero attached hydrogens (tertiary/aromatic N) is 2. The molecule has 3 rings (SSSR count). The van der Waals surface area contributed by atoms with E-state index in [1.807, 2.05) is 54.2 Å². The van der Waals surface area contributed by atoms with Crippen LogP contribution < -0.4 is 20.5 Å². The topological polar surface area (TPSA) is 91.4 Å². The highest BCUT2D eigenvalue weighted by Crippen LogP contribution is 2.29. The molecule has 0 aliphatic rings. The number of aryl methyl sites for hydroxylation is 2. The van der Waals surface area contributed by atoms with Crippen molar-refractivity contribution in [1.82, 2.24) is 14.9 Å². The maximum Gasteiger partial charge on any atom is 0.221 e. The molecule has 0 saturated carbocycles. The Morgan fingerprint density at radius 2 is 1.77 bits per heavy atom. The number of carbonyl (C=O) groups excluding carboxylic acids is 1. The van der Waals surface area contributed by atoms with Gasteiger partial charge in [0.1, 0.15) is 23.4 Å². The summed E-state index contributed by atoms with van der Waals surface area (Å²) in [7, 11) is 5.08. The minimum absolute atomic E-state index is 0. The lowest BCUT2D eigenvalue weighted by atomic mass is 10.0. The molecule has 31 heavy (non-hydrogen) atoms. The number of benzene rings is 2. The van der Waals surface area contributed by atoms with Crippen molar-refractivity contribution < 1.29 is 14.3 Å². The molecular formula is C22H28Cl2N4O3. The number of hydrogen-bond acceptors (Lipinski definition) is 5. The van der Waals surface area contributed by atoms with Crippen molar-refractivity contribution >= 4 is 36.4 Å². The smallest absolute Gasteiger partial charge is 0.221 e. The first kappa shape index (κ1) is 26.1. The summed E-state index contributed by atoms with van der Waals surface area (Å²) in [4.78, 5) is 17.2. The molecule has 3 N–H and O–H groups in total.